The number of amides is 1. The van der Waals surface area contributed by atoms with Crippen LogP contribution in [0, 0.1) is 11.7 Å². The Morgan fingerprint density at radius 3 is 3.00 bits per heavy atom. The van der Waals surface area contributed by atoms with Gasteiger partial charge >= 0.3 is 0 Å². The van der Waals surface area contributed by atoms with Gasteiger partial charge in [-0.1, -0.05) is 19.1 Å². The Hall–Kier alpha value is -1.68. The van der Waals surface area contributed by atoms with Crippen molar-refractivity contribution in [3.05, 3.63) is 41.7 Å². The lowest BCUT2D eigenvalue weighted by Gasteiger charge is -2.09. The zero-order chi connectivity index (χ0) is 13.4. The maximum atomic E-state index is 12.9. The van der Waals surface area contributed by atoms with Crippen LogP contribution in [0.3, 0.4) is 0 Å². The van der Waals surface area contributed by atoms with Crippen molar-refractivity contribution in [1.29, 1.82) is 0 Å². The van der Waals surface area contributed by atoms with Crippen molar-refractivity contribution in [2.75, 3.05) is 13.2 Å². The van der Waals surface area contributed by atoms with Crippen molar-refractivity contribution < 1.29 is 14.3 Å². The molecule has 0 aliphatic rings. The summed E-state index contributed by atoms with van der Waals surface area (Å²) in [5, 5.41) is 11.4. The number of aliphatic hydroxyl groups excluding tert-OH is 1. The lowest BCUT2D eigenvalue weighted by atomic mass is 10.1. The van der Waals surface area contributed by atoms with Gasteiger partial charge in [-0.05, 0) is 36.1 Å². The van der Waals surface area contributed by atoms with Crippen LogP contribution in [0.15, 0.2) is 30.3 Å². The summed E-state index contributed by atoms with van der Waals surface area (Å²) in [5.74, 6) is -0.306. The van der Waals surface area contributed by atoms with E-state index in [-0.39, 0.29) is 24.2 Å². The molecule has 4 heteroatoms. The van der Waals surface area contributed by atoms with Crippen molar-refractivity contribution in [1.82, 2.24) is 5.32 Å². The van der Waals surface area contributed by atoms with Crippen molar-refractivity contribution in [3.63, 3.8) is 0 Å². The number of carbonyl (C=O) groups excluding carboxylic acids is 1. The molecule has 1 aromatic rings. The molecular weight excluding hydrogens is 233 g/mol. The number of hydrogen-bond donors (Lipinski definition) is 2. The van der Waals surface area contributed by atoms with Crippen molar-refractivity contribution in [2.45, 2.75) is 13.3 Å². The molecule has 3 nitrogen and oxygen atoms in total. The van der Waals surface area contributed by atoms with E-state index in [1.807, 2.05) is 6.92 Å². The topological polar surface area (TPSA) is 49.3 Å². The summed E-state index contributed by atoms with van der Waals surface area (Å²) in [4.78, 5) is 11.5. The maximum absolute atomic E-state index is 12.9. The minimum Gasteiger partial charge on any atom is -0.396 e. The highest BCUT2D eigenvalue weighted by Crippen LogP contribution is 2.05. The van der Waals surface area contributed by atoms with Crippen LogP contribution in [0.2, 0.25) is 0 Å². The van der Waals surface area contributed by atoms with E-state index in [0.717, 1.165) is 0 Å². The molecule has 1 aromatic carbocycles. The molecular formula is C14H18FNO2. The standard InChI is InChI=1S/C14H18FNO2/c1-11(7-8-17)10-16-14(18)6-5-12-3-2-4-13(15)9-12/h2-6,9,11,17H,7-8,10H2,1H3,(H,16,18). The fourth-order valence-corrected chi connectivity index (χ4v) is 1.44. The van der Waals surface area contributed by atoms with E-state index in [4.69, 9.17) is 5.11 Å². The zero-order valence-corrected chi connectivity index (χ0v) is 10.4. The Bertz CT molecular complexity index is 418. The SMILES string of the molecule is CC(CCO)CNC(=O)C=Cc1cccc(F)c1. The molecule has 0 radical (unpaired) electrons. The largest absolute Gasteiger partial charge is 0.396 e. The average Bonchev–Trinajstić information content (AvgIpc) is 2.34. The molecule has 0 saturated carbocycles. The highest BCUT2D eigenvalue weighted by atomic mass is 19.1. The third kappa shape index (κ3) is 5.59. The Morgan fingerprint density at radius 2 is 2.33 bits per heavy atom. The van der Waals surface area contributed by atoms with Crippen LogP contribution in [-0.2, 0) is 4.79 Å². The quantitative estimate of drug-likeness (QED) is 0.759. The lowest BCUT2D eigenvalue weighted by molar-refractivity contribution is -0.116. The lowest BCUT2D eigenvalue weighted by Crippen LogP contribution is -2.26. The number of hydrogen-bond acceptors (Lipinski definition) is 2. The molecule has 0 aliphatic heterocycles. The van der Waals surface area contributed by atoms with E-state index in [1.165, 1.54) is 18.2 Å². The number of carbonyl (C=O) groups is 1. The van der Waals surface area contributed by atoms with Crippen LogP contribution in [0.4, 0.5) is 4.39 Å². The number of nitrogens with one attached hydrogen (secondary N) is 1. The highest BCUT2D eigenvalue weighted by molar-refractivity contribution is 5.91. The van der Waals surface area contributed by atoms with Gasteiger partial charge in [0.2, 0.25) is 5.91 Å². The van der Waals surface area contributed by atoms with Gasteiger partial charge in [-0.15, -0.1) is 0 Å². The van der Waals surface area contributed by atoms with Crippen molar-refractivity contribution >= 4 is 12.0 Å². The number of benzene rings is 1. The fourth-order valence-electron chi connectivity index (χ4n) is 1.44. The Kier molecular flexibility index (Phi) is 6.08. The summed E-state index contributed by atoms with van der Waals surface area (Å²) in [5.41, 5.74) is 0.647. The van der Waals surface area contributed by atoms with Gasteiger partial charge in [0, 0.05) is 19.2 Å². The number of rotatable bonds is 6. The van der Waals surface area contributed by atoms with Gasteiger partial charge in [0.1, 0.15) is 5.82 Å². The van der Waals surface area contributed by atoms with Gasteiger partial charge < -0.3 is 10.4 Å². The molecule has 1 amide bonds. The molecule has 0 aromatic heterocycles. The second-order valence-corrected chi connectivity index (χ2v) is 4.25. The molecule has 1 unspecified atom stereocenters. The third-order valence-electron chi connectivity index (χ3n) is 2.52. The van der Waals surface area contributed by atoms with Gasteiger partial charge in [-0.3, -0.25) is 4.79 Å². The third-order valence-corrected chi connectivity index (χ3v) is 2.52. The Morgan fingerprint density at radius 1 is 1.56 bits per heavy atom. The monoisotopic (exact) mass is 251 g/mol. The van der Waals surface area contributed by atoms with Crippen LogP contribution < -0.4 is 5.32 Å². The molecule has 98 valence electrons. The van der Waals surface area contributed by atoms with Crippen LogP contribution in [0.25, 0.3) is 6.08 Å². The first-order valence-corrected chi connectivity index (χ1v) is 5.94. The number of halogens is 1. The van der Waals surface area contributed by atoms with Gasteiger partial charge in [0.25, 0.3) is 0 Å². The average molecular weight is 251 g/mol. The summed E-state index contributed by atoms with van der Waals surface area (Å²) in [7, 11) is 0. The highest BCUT2D eigenvalue weighted by Gasteiger charge is 2.02. The summed E-state index contributed by atoms with van der Waals surface area (Å²) < 4.78 is 12.9. The van der Waals surface area contributed by atoms with E-state index < -0.39 is 0 Å². The molecule has 1 atom stereocenters. The molecule has 2 N–H and O–H groups in total. The molecule has 0 fully saturated rings. The fraction of sp³-hybridized carbons (Fsp3) is 0.357. The summed E-state index contributed by atoms with van der Waals surface area (Å²) in [6.07, 6.45) is 3.60. The van der Waals surface area contributed by atoms with Gasteiger partial charge in [-0.25, -0.2) is 4.39 Å². The Labute approximate surface area is 106 Å². The maximum Gasteiger partial charge on any atom is 0.244 e. The minimum atomic E-state index is -0.325. The molecule has 18 heavy (non-hydrogen) atoms. The second-order valence-electron chi connectivity index (χ2n) is 4.25. The molecule has 0 aliphatic carbocycles. The predicted molar refractivity (Wildman–Crippen MR) is 69.3 cm³/mol. The van der Waals surface area contributed by atoms with Gasteiger partial charge in [0.05, 0.1) is 0 Å². The van der Waals surface area contributed by atoms with E-state index in [0.29, 0.717) is 18.5 Å². The first-order valence-electron chi connectivity index (χ1n) is 5.94. The number of aliphatic hydroxyl groups is 1. The molecule has 0 bridgehead atoms. The molecule has 0 heterocycles. The van der Waals surface area contributed by atoms with Crippen LogP contribution in [0.5, 0.6) is 0 Å². The van der Waals surface area contributed by atoms with E-state index >= 15 is 0 Å². The van der Waals surface area contributed by atoms with Crippen molar-refractivity contribution in [3.8, 4) is 0 Å². The smallest absolute Gasteiger partial charge is 0.244 e. The van der Waals surface area contributed by atoms with Gasteiger partial charge in [0.15, 0.2) is 0 Å². The second kappa shape index (κ2) is 7.61. The van der Waals surface area contributed by atoms with Gasteiger partial charge in [-0.2, -0.15) is 0 Å². The summed E-state index contributed by atoms with van der Waals surface area (Å²) in [6, 6.07) is 6.03. The molecule has 0 spiro atoms. The first-order chi connectivity index (χ1) is 8.61. The van der Waals surface area contributed by atoms with E-state index in [1.54, 1.807) is 18.2 Å². The zero-order valence-electron chi connectivity index (χ0n) is 10.4. The summed E-state index contributed by atoms with van der Waals surface area (Å²) in [6.45, 7) is 2.59. The molecule has 0 saturated heterocycles. The van der Waals surface area contributed by atoms with Crippen LogP contribution >= 0.6 is 0 Å². The van der Waals surface area contributed by atoms with E-state index in [9.17, 15) is 9.18 Å². The van der Waals surface area contributed by atoms with E-state index in [2.05, 4.69) is 5.32 Å². The van der Waals surface area contributed by atoms with Crippen LogP contribution in [-0.4, -0.2) is 24.2 Å². The minimum absolute atomic E-state index is 0.121. The Balaban J connectivity index is 2.40. The normalized spacial score (nSPS) is 12.6. The van der Waals surface area contributed by atoms with Crippen LogP contribution in [0.1, 0.15) is 18.9 Å². The first kappa shape index (κ1) is 14.4. The predicted octanol–water partition coefficient (Wildman–Crippen LogP) is 1.97. The summed E-state index contributed by atoms with van der Waals surface area (Å²) >= 11 is 0. The molecule has 1 rings (SSSR count). The van der Waals surface area contributed by atoms with Crippen molar-refractivity contribution in [2.24, 2.45) is 5.92 Å².